The van der Waals surface area contributed by atoms with Gasteiger partial charge < -0.3 is 4.90 Å². The van der Waals surface area contributed by atoms with Crippen LogP contribution in [0.4, 0.5) is 4.39 Å². The van der Waals surface area contributed by atoms with E-state index in [0.29, 0.717) is 13.0 Å². The van der Waals surface area contributed by atoms with Crippen molar-refractivity contribution >= 4 is 5.91 Å². The average Bonchev–Trinajstić information content (AvgIpc) is 2.34. The second-order valence-electron chi connectivity index (χ2n) is 4.20. The van der Waals surface area contributed by atoms with Crippen molar-refractivity contribution in [3.05, 3.63) is 35.1 Å². The zero-order valence-electron chi connectivity index (χ0n) is 9.45. The molecular formula is C13H13FN2O. The van der Waals surface area contributed by atoms with E-state index in [4.69, 9.17) is 5.26 Å². The number of hydrogen-bond donors (Lipinski definition) is 0. The summed E-state index contributed by atoms with van der Waals surface area (Å²) in [4.78, 5) is 13.4. The standard InChI is InChI=1S/C13H13FN2O/c14-12-5-4-10(7-11(12)8-15)9-16-6-2-1-3-13(16)17/h4-5,7H,1-3,6,9H2. The maximum absolute atomic E-state index is 13.1. The fraction of sp³-hybridized carbons (Fsp3) is 0.385. The van der Waals surface area contributed by atoms with E-state index in [2.05, 4.69) is 0 Å². The number of piperidine rings is 1. The number of likely N-dealkylation sites (tertiary alicyclic amines) is 1. The van der Waals surface area contributed by atoms with Gasteiger partial charge in [0.1, 0.15) is 11.9 Å². The number of halogens is 1. The number of benzene rings is 1. The molecule has 1 aliphatic rings. The Bertz CT molecular complexity index is 479. The predicted molar refractivity (Wildman–Crippen MR) is 60.4 cm³/mol. The molecule has 0 bridgehead atoms. The van der Waals surface area contributed by atoms with Crippen LogP contribution in [-0.2, 0) is 11.3 Å². The van der Waals surface area contributed by atoms with Gasteiger partial charge >= 0.3 is 0 Å². The lowest BCUT2D eigenvalue weighted by Crippen LogP contribution is -2.34. The topological polar surface area (TPSA) is 44.1 Å². The summed E-state index contributed by atoms with van der Waals surface area (Å²) in [6.45, 7) is 1.21. The summed E-state index contributed by atoms with van der Waals surface area (Å²) in [5.41, 5.74) is 0.838. The molecule has 3 nitrogen and oxygen atoms in total. The van der Waals surface area contributed by atoms with Crippen LogP contribution in [0.3, 0.4) is 0 Å². The molecule has 0 saturated carbocycles. The van der Waals surface area contributed by atoms with Gasteiger partial charge in [0.05, 0.1) is 5.56 Å². The Morgan fingerprint density at radius 1 is 1.41 bits per heavy atom. The highest BCUT2D eigenvalue weighted by Crippen LogP contribution is 2.16. The van der Waals surface area contributed by atoms with E-state index in [9.17, 15) is 9.18 Å². The van der Waals surface area contributed by atoms with E-state index in [1.807, 2.05) is 0 Å². The highest BCUT2D eigenvalue weighted by molar-refractivity contribution is 5.76. The van der Waals surface area contributed by atoms with Gasteiger partial charge in [-0.15, -0.1) is 0 Å². The van der Waals surface area contributed by atoms with Gasteiger partial charge in [-0.3, -0.25) is 4.79 Å². The number of nitrogens with zero attached hydrogens (tertiary/aromatic N) is 2. The summed E-state index contributed by atoms with van der Waals surface area (Å²) in [5, 5.41) is 8.73. The molecule has 2 rings (SSSR count). The fourth-order valence-corrected chi connectivity index (χ4v) is 2.01. The van der Waals surface area contributed by atoms with Gasteiger partial charge in [-0.2, -0.15) is 5.26 Å². The molecule has 0 atom stereocenters. The molecule has 0 N–H and O–H groups in total. The first kappa shape index (κ1) is 11.6. The van der Waals surface area contributed by atoms with Crippen molar-refractivity contribution in [2.75, 3.05) is 6.54 Å². The first-order chi connectivity index (χ1) is 8.20. The fourth-order valence-electron chi connectivity index (χ4n) is 2.01. The Morgan fingerprint density at radius 2 is 2.24 bits per heavy atom. The van der Waals surface area contributed by atoms with Crippen molar-refractivity contribution in [2.24, 2.45) is 0 Å². The van der Waals surface area contributed by atoms with Crippen LogP contribution in [0.25, 0.3) is 0 Å². The zero-order valence-corrected chi connectivity index (χ0v) is 9.45. The number of amides is 1. The molecule has 0 spiro atoms. The van der Waals surface area contributed by atoms with Crippen LogP contribution < -0.4 is 0 Å². The van der Waals surface area contributed by atoms with Gasteiger partial charge in [0.25, 0.3) is 0 Å². The highest BCUT2D eigenvalue weighted by atomic mass is 19.1. The van der Waals surface area contributed by atoms with Crippen LogP contribution in [0.2, 0.25) is 0 Å². The third kappa shape index (κ3) is 2.62. The maximum Gasteiger partial charge on any atom is 0.222 e. The monoisotopic (exact) mass is 232 g/mol. The van der Waals surface area contributed by atoms with Crippen LogP contribution in [-0.4, -0.2) is 17.4 Å². The molecule has 1 amide bonds. The maximum atomic E-state index is 13.1. The average molecular weight is 232 g/mol. The van der Waals surface area contributed by atoms with Crippen LogP contribution in [0.1, 0.15) is 30.4 Å². The molecule has 17 heavy (non-hydrogen) atoms. The summed E-state index contributed by atoms with van der Waals surface area (Å²) in [7, 11) is 0. The lowest BCUT2D eigenvalue weighted by atomic mass is 10.1. The van der Waals surface area contributed by atoms with E-state index >= 15 is 0 Å². The largest absolute Gasteiger partial charge is 0.338 e. The highest BCUT2D eigenvalue weighted by Gasteiger charge is 2.18. The van der Waals surface area contributed by atoms with E-state index in [1.54, 1.807) is 17.0 Å². The van der Waals surface area contributed by atoms with Crippen LogP contribution >= 0.6 is 0 Å². The van der Waals surface area contributed by atoms with Gasteiger partial charge in [-0.1, -0.05) is 6.07 Å². The van der Waals surface area contributed by atoms with E-state index < -0.39 is 5.82 Å². The first-order valence-corrected chi connectivity index (χ1v) is 5.67. The van der Waals surface area contributed by atoms with E-state index in [-0.39, 0.29) is 11.5 Å². The normalized spacial score (nSPS) is 15.8. The minimum absolute atomic E-state index is 0.0342. The first-order valence-electron chi connectivity index (χ1n) is 5.67. The Hall–Kier alpha value is -1.89. The molecule has 0 unspecified atom stereocenters. The summed E-state index contributed by atoms with van der Waals surface area (Å²) in [6.07, 6.45) is 2.55. The molecule has 0 aliphatic carbocycles. The second kappa shape index (κ2) is 4.96. The number of nitriles is 1. The number of rotatable bonds is 2. The third-order valence-electron chi connectivity index (χ3n) is 2.95. The SMILES string of the molecule is N#Cc1cc(CN2CCCCC2=O)ccc1F. The Morgan fingerprint density at radius 3 is 2.94 bits per heavy atom. The lowest BCUT2D eigenvalue weighted by Gasteiger charge is -2.26. The van der Waals surface area contributed by atoms with Crippen molar-refractivity contribution in [3.8, 4) is 6.07 Å². The van der Waals surface area contributed by atoms with Crippen molar-refractivity contribution in [2.45, 2.75) is 25.8 Å². The minimum Gasteiger partial charge on any atom is -0.338 e. The molecular weight excluding hydrogens is 219 g/mol. The van der Waals surface area contributed by atoms with Gasteiger partial charge in [0.2, 0.25) is 5.91 Å². The quantitative estimate of drug-likeness (QED) is 0.784. The molecule has 1 aromatic carbocycles. The summed E-state index contributed by atoms with van der Waals surface area (Å²) in [5.74, 6) is -0.375. The molecule has 1 saturated heterocycles. The Kier molecular flexibility index (Phi) is 3.38. The van der Waals surface area contributed by atoms with Crippen molar-refractivity contribution in [3.63, 3.8) is 0 Å². The smallest absolute Gasteiger partial charge is 0.222 e. The van der Waals surface area contributed by atoms with E-state index in [0.717, 1.165) is 24.9 Å². The molecule has 0 aromatic heterocycles. The number of carbonyl (C=O) groups is 1. The van der Waals surface area contributed by atoms with Crippen LogP contribution in [0.5, 0.6) is 0 Å². The second-order valence-corrected chi connectivity index (χ2v) is 4.20. The van der Waals surface area contributed by atoms with Crippen molar-refractivity contribution in [1.82, 2.24) is 4.90 Å². The summed E-state index contributed by atoms with van der Waals surface area (Å²) < 4.78 is 13.1. The van der Waals surface area contributed by atoms with Gasteiger partial charge in [-0.05, 0) is 30.5 Å². The van der Waals surface area contributed by atoms with Gasteiger partial charge in [0, 0.05) is 19.5 Å². The molecule has 88 valence electrons. The number of hydrogen-bond acceptors (Lipinski definition) is 2. The molecule has 1 aromatic rings. The van der Waals surface area contributed by atoms with Gasteiger partial charge in [0.15, 0.2) is 0 Å². The predicted octanol–water partition coefficient (Wildman–Crippen LogP) is 2.21. The van der Waals surface area contributed by atoms with Crippen LogP contribution in [0, 0.1) is 17.1 Å². The van der Waals surface area contributed by atoms with Crippen molar-refractivity contribution in [1.29, 1.82) is 5.26 Å². The van der Waals surface area contributed by atoms with Crippen LogP contribution in [0.15, 0.2) is 18.2 Å². The summed E-state index contributed by atoms with van der Waals surface area (Å²) >= 11 is 0. The molecule has 1 fully saturated rings. The minimum atomic E-state index is -0.513. The van der Waals surface area contributed by atoms with Crippen molar-refractivity contribution < 1.29 is 9.18 Å². The van der Waals surface area contributed by atoms with Gasteiger partial charge in [-0.25, -0.2) is 4.39 Å². The molecule has 4 heteroatoms. The Balaban J connectivity index is 2.13. The third-order valence-corrected chi connectivity index (χ3v) is 2.95. The van der Waals surface area contributed by atoms with E-state index in [1.165, 1.54) is 12.1 Å². The number of carbonyl (C=O) groups excluding carboxylic acids is 1. The molecule has 0 radical (unpaired) electrons. The Labute approximate surface area is 99.5 Å². The summed E-state index contributed by atoms with van der Waals surface area (Å²) in [6, 6.07) is 6.22. The zero-order chi connectivity index (χ0) is 12.3. The molecule has 1 heterocycles. The lowest BCUT2D eigenvalue weighted by molar-refractivity contribution is -0.133. The molecule has 1 aliphatic heterocycles.